The Morgan fingerprint density at radius 2 is 2.10 bits per heavy atom. The highest BCUT2D eigenvalue weighted by molar-refractivity contribution is 14.1. The zero-order valence-electron chi connectivity index (χ0n) is 17.5. The maximum atomic E-state index is 13.1. The quantitative estimate of drug-likeness (QED) is 0.448. The normalized spacial score (nSPS) is 21.8. The molecule has 4 rings (SSSR count). The number of ether oxygens (including phenoxy) is 2. The molecule has 1 aromatic carbocycles. The molecule has 1 saturated heterocycles. The van der Waals surface area contributed by atoms with Gasteiger partial charge in [0.15, 0.2) is 6.61 Å². The standard InChI is InChI=1S/C23H23IN2O5/c1-4-25-18(27)11-30-17-9-8-13(10-16(17)24)14-6-5-7-15-19(14)22-26(21(15)28)20(12(2)3)23(29)31-22/h5-10,12,15,20H,4,11H2,1-3H3,(H,25,27). The van der Waals surface area contributed by atoms with Crippen LogP contribution in [0.25, 0.3) is 5.57 Å². The summed E-state index contributed by atoms with van der Waals surface area (Å²) in [5.41, 5.74) is 2.44. The zero-order valence-corrected chi connectivity index (χ0v) is 19.6. The maximum Gasteiger partial charge on any atom is 0.336 e. The average Bonchev–Trinajstić information content (AvgIpc) is 3.21. The van der Waals surface area contributed by atoms with E-state index in [0.29, 0.717) is 18.2 Å². The first-order valence-corrected chi connectivity index (χ1v) is 11.3. The Morgan fingerprint density at radius 3 is 2.77 bits per heavy atom. The number of carbonyl (C=O) groups excluding carboxylic acids is 3. The molecule has 1 fully saturated rings. The van der Waals surface area contributed by atoms with Crippen molar-refractivity contribution in [2.24, 2.45) is 11.8 Å². The van der Waals surface area contributed by atoms with Crippen LogP contribution in [0.4, 0.5) is 0 Å². The van der Waals surface area contributed by atoms with E-state index in [9.17, 15) is 14.4 Å². The number of amides is 2. The van der Waals surface area contributed by atoms with E-state index < -0.39 is 12.0 Å². The minimum Gasteiger partial charge on any atom is -0.483 e. The molecule has 1 aromatic rings. The molecule has 0 saturated carbocycles. The predicted octanol–water partition coefficient (Wildman–Crippen LogP) is 3.01. The minimum absolute atomic E-state index is 0.0478. The van der Waals surface area contributed by atoms with Gasteiger partial charge in [0.1, 0.15) is 11.8 Å². The van der Waals surface area contributed by atoms with Gasteiger partial charge in [-0.1, -0.05) is 38.1 Å². The van der Waals surface area contributed by atoms with Gasteiger partial charge in [0.05, 0.1) is 9.49 Å². The van der Waals surface area contributed by atoms with Crippen molar-refractivity contribution < 1.29 is 23.9 Å². The third-order valence-corrected chi connectivity index (χ3v) is 6.29. The summed E-state index contributed by atoms with van der Waals surface area (Å²) in [6.45, 7) is 6.16. The summed E-state index contributed by atoms with van der Waals surface area (Å²) in [6, 6.07) is 5.03. The minimum atomic E-state index is -0.597. The van der Waals surface area contributed by atoms with Crippen molar-refractivity contribution in [1.82, 2.24) is 10.2 Å². The molecule has 2 atom stereocenters. The number of hydrogen-bond donors (Lipinski definition) is 1. The van der Waals surface area contributed by atoms with E-state index in [0.717, 1.165) is 20.3 Å². The van der Waals surface area contributed by atoms with Crippen LogP contribution in [-0.4, -0.2) is 41.9 Å². The Labute approximate surface area is 194 Å². The van der Waals surface area contributed by atoms with E-state index in [2.05, 4.69) is 27.9 Å². The van der Waals surface area contributed by atoms with E-state index in [1.54, 1.807) is 0 Å². The number of hydrogen-bond acceptors (Lipinski definition) is 5. The molecule has 31 heavy (non-hydrogen) atoms. The van der Waals surface area contributed by atoms with Gasteiger partial charge in [-0.15, -0.1) is 0 Å². The van der Waals surface area contributed by atoms with Crippen molar-refractivity contribution in [2.75, 3.05) is 13.2 Å². The lowest BCUT2D eigenvalue weighted by Crippen LogP contribution is -2.40. The van der Waals surface area contributed by atoms with Gasteiger partial charge < -0.3 is 14.8 Å². The van der Waals surface area contributed by atoms with Gasteiger partial charge in [0.2, 0.25) is 11.8 Å². The van der Waals surface area contributed by atoms with Gasteiger partial charge in [0.25, 0.3) is 5.91 Å². The summed E-state index contributed by atoms with van der Waals surface area (Å²) < 4.78 is 12.1. The van der Waals surface area contributed by atoms with Crippen molar-refractivity contribution in [1.29, 1.82) is 0 Å². The number of allylic oxidation sites excluding steroid dienone is 3. The first kappa shape index (κ1) is 21.6. The second kappa shape index (κ2) is 8.49. The van der Waals surface area contributed by atoms with Gasteiger partial charge in [-0.3, -0.25) is 14.5 Å². The fourth-order valence-corrected chi connectivity index (χ4v) is 4.75. The van der Waals surface area contributed by atoms with Crippen LogP contribution in [0, 0.1) is 15.4 Å². The van der Waals surface area contributed by atoms with Gasteiger partial charge in [-0.2, -0.15) is 0 Å². The first-order valence-electron chi connectivity index (χ1n) is 10.2. The van der Waals surface area contributed by atoms with Crippen molar-refractivity contribution in [3.05, 3.63) is 57.0 Å². The molecule has 162 valence electrons. The van der Waals surface area contributed by atoms with Crippen molar-refractivity contribution in [2.45, 2.75) is 26.8 Å². The molecular weight excluding hydrogens is 511 g/mol. The lowest BCUT2D eigenvalue weighted by molar-refractivity contribution is -0.140. The topological polar surface area (TPSA) is 84.9 Å². The average molecular weight is 534 g/mol. The Balaban J connectivity index is 1.65. The fraction of sp³-hybridized carbons (Fsp3) is 0.348. The number of fused-ring (bicyclic) bond motifs is 2. The Hall–Kier alpha value is -2.62. The molecule has 0 bridgehead atoms. The molecular formula is C23H23IN2O5. The predicted molar refractivity (Wildman–Crippen MR) is 123 cm³/mol. The molecule has 0 aromatic heterocycles. The molecule has 8 heteroatoms. The van der Waals surface area contributed by atoms with Gasteiger partial charge in [-0.05, 0) is 58.7 Å². The summed E-state index contributed by atoms with van der Waals surface area (Å²) >= 11 is 2.16. The van der Waals surface area contributed by atoms with Crippen LogP contribution in [0.2, 0.25) is 0 Å². The Kier molecular flexibility index (Phi) is 5.92. The van der Waals surface area contributed by atoms with Crippen molar-refractivity contribution >= 4 is 45.9 Å². The van der Waals surface area contributed by atoms with E-state index in [-0.39, 0.29) is 30.3 Å². The molecule has 1 aliphatic carbocycles. The molecule has 3 aliphatic rings. The molecule has 1 N–H and O–H groups in total. The SMILES string of the molecule is CCNC(=O)COc1ccc(C2=CC=CC3C(=O)N4C(=C23)OC(=O)C4C(C)C)cc1I. The summed E-state index contributed by atoms with van der Waals surface area (Å²) in [7, 11) is 0. The lowest BCUT2D eigenvalue weighted by Gasteiger charge is -2.21. The summed E-state index contributed by atoms with van der Waals surface area (Å²) in [6.07, 6.45) is 5.63. The summed E-state index contributed by atoms with van der Waals surface area (Å²) in [5, 5.41) is 2.70. The van der Waals surface area contributed by atoms with Crippen LogP contribution >= 0.6 is 22.6 Å². The highest BCUT2D eigenvalue weighted by Crippen LogP contribution is 2.47. The number of likely N-dealkylation sites (N-methyl/N-ethyl adjacent to an activating group) is 1. The van der Waals surface area contributed by atoms with Crippen molar-refractivity contribution in [3.8, 4) is 5.75 Å². The maximum absolute atomic E-state index is 13.1. The number of halogens is 1. The fourth-order valence-electron chi connectivity index (χ4n) is 4.08. The molecule has 2 heterocycles. The number of esters is 1. The second-order valence-electron chi connectivity index (χ2n) is 7.87. The molecule has 2 unspecified atom stereocenters. The van der Waals surface area contributed by atoms with Crippen LogP contribution in [0.5, 0.6) is 5.75 Å². The monoisotopic (exact) mass is 534 g/mol. The van der Waals surface area contributed by atoms with Crippen LogP contribution < -0.4 is 10.1 Å². The molecule has 2 aliphatic heterocycles. The molecule has 7 nitrogen and oxygen atoms in total. The third-order valence-electron chi connectivity index (χ3n) is 5.44. The van der Waals surface area contributed by atoms with Crippen molar-refractivity contribution in [3.63, 3.8) is 0 Å². The van der Waals surface area contributed by atoms with Crippen LogP contribution in [0.3, 0.4) is 0 Å². The number of nitrogens with zero attached hydrogens (tertiary/aromatic N) is 1. The summed E-state index contributed by atoms with van der Waals surface area (Å²) in [4.78, 5) is 38.7. The zero-order chi connectivity index (χ0) is 22.3. The van der Waals surface area contributed by atoms with E-state index >= 15 is 0 Å². The van der Waals surface area contributed by atoms with Crippen LogP contribution in [0.15, 0.2) is 47.9 Å². The van der Waals surface area contributed by atoms with Gasteiger partial charge >= 0.3 is 5.97 Å². The van der Waals surface area contributed by atoms with E-state index in [4.69, 9.17) is 9.47 Å². The number of nitrogens with one attached hydrogen (secondary N) is 1. The Morgan fingerprint density at radius 1 is 1.32 bits per heavy atom. The third kappa shape index (κ3) is 3.77. The Bertz CT molecular complexity index is 1060. The molecule has 0 radical (unpaired) electrons. The molecule has 2 amide bonds. The lowest BCUT2D eigenvalue weighted by atomic mass is 9.86. The number of rotatable bonds is 6. The van der Waals surface area contributed by atoms with E-state index in [1.807, 2.05) is 57.2 Å². The summed E-state index contributed by atoms with van der Waals surface area (Å²) in [5.74, 6) is -0.252. The van der Waals surface area contributed by atoms with E-state index in [1.165, 1.54) is 4.90 Å². The number of carbonyl (C=O) groups is 3. The largest absolute Gasteiger partial charge is 0.483 e. The van der Waals surface area contributed by atoms with Crippen LogP contribution in [0.1, 0.15) is 26.3 Å². The van der Waals surface area contributed by atoms with Crippen LogP contribution in [-0.2, 0) is 19.1 Å². The smallest absolute Gasteiger partial charge is 0.336 e. The van der Waals surface area contributed by atoms with Gasteiger partial charge in [0, 0.05) is 12.1 Å². The highest BCUT2D eigenvalue weighted by atomic mass is 127. The first-order chi connectivity index (χ1) is 14.8. The second-order valence-corrected chi connectivity index (χ2v) is 9.03. The number of benzene rings is 1. The highest BCUT2D eigenvalue weighted by Gasteiger charge is 2.53. The molecule has 0 spiro atoms. The van der Waals surface area contributed by atoms with Gasteiger partial charge in [-0.25, -0.2) is 4.79 Å².